The molecule has 1 aliphatic heterocycles. The molecule has 2 aromatic rings. The highest BCUT2D eigenvalue weighted by molar-refractivity contribution is 5.89. The van der Waals surface area contributed by atoms with E-state index in [1.54, 1.807) is 31.5 Å². The second-order valence-corrected chi connectivity index (χ2v) is 6.23. The summed E-state index contributed by atoms with van der Waals surface area (Å²) >= 11 is 0. The number of hydrogen-bond donors (Lipinski definition) is 1. The lowest BCUT2D eigenvalue weighted by molar-refractivity contribution is 0.189. The van der Waals surface area contributed by atoms with Crippen LogP contribution in [-0.4, -0.2) is 22.5 Å². The molecule has 1 unspecified atom stereocenters. The number of aryl methyl sites for hydroxylation is 1. The van der Waals surface area contributed by atoms with Crippen LogP contribution in [0.5, 0.6) is 0 Å². The summed E-state index contributed by atoms with van der Waals surface area (Å²) in [5.74, 6) is -0.311. The summed E-state index contributed by atoms with van der Waals surface area (Å²) in [5, 5.41) is 2.84. The topological polar surface area (TPSA) is 45.2 Å². The number of hydrogen-bond acceptors (Lipinski definition) is 2. The van der Waals surface area contributed by atoms with Gasteiger partial charge in [-0.25, -0.2) is 9.18 Å². The molecule has 0 spiro atoms. The highest BCUT2D eigenvalue weighted by atomic mass is 19.1. The van der Waals surface area contributed by atoms with Crippen LogP contribution in [0.3, 0.4) is 0 Å². The fourth-order valence-electron chi connectivity index (χ4n) is 3.15. The molecule has 0 aliphatic carbocycles. The van der Waals surface area contributed by atoms with Crippen molar-refractivity contribution in [1.82, 2.24) is 9.88 Å². The molecule has 0 saturated carbocycles. The van der Waals surface area contributed by atoms with Crippen LogP contribution in [-0.2, 0) is 0 Å². The van der Waals surface area contributed by atoms with Crippen molar-refractivity contribution >= 4 is 11.7 Å². The van der Waals surface area contributed by atoms with Crippen molar-refractivity contribution in [1.29, 1.82) is 0 Å². The van der Waals surface area contributed by atoms with Crippen LogP contribution in [0.2, 0.25) is 0 Å². The van der Waals surface area contributed by atoms with Crippen molar-refractivity contribution in [2.75, 3.05) is 11.9 Å². The SMILES string of the molecule is Cc1ccc(NC(=O)N2CCCCCC2c2ccncc2)cc1F. The van der Waals surface area contributed by atoms with Crippen molar-refractivity contribution < 1.29 is 9.18 Å². The Labute approximate surface area is 141 Å². The van der Waals surface area contributed by atoms with Crippen molar-refractivity contribution in [2.45, 2.75) is 38.6 Å². The molecule has 5 heteroatoms. The van der Waals surface area contributed by atoms with Crippen LogP contribution in [0.25, 0.3) is 0 Å². The van der Waals surface area contributed by atoms with E-state index in [-0.39, 0.29) is 17.9 Å². The number of anilines is 1. The molecule has 126 valence electrons. The lowest BCUT2D eigenvalue weighted by atomic mass is 10.0. The standard InChI is InChI=1S/C19H22FN3O/c1-14-6-7-16(13-17(14)20)22-19(24)23-12-4-2-3-5-18(23)15-8-10-21-11-9-15/h6-11,13,18H,2-5,12H2,1H3,(H,22,24). The average Bonchev–Trinajstić information content (AvgIpc) is 2.85. The first-order valence-corrected chi connectivity index (χ1v) is 8.39. The summed E-state index contributed by atoms with van der Waals surface area (Å²) in [6.45, 7) is 2.41. The van der Waals surface area contributed by atoms with E-state index in [2.05, 4.69) is 10.3 Å². The van der Waals surface area contributed by atoms with E-state index in [1.165, 1.54) is 6.07 Å². The van der Waals surface area contributed by atoms with Gasteiger partial charge in [0, 0.05) is 24.6 Å². The molecule has 1 aromatic carbocycles. The van der Waals surface area contributed by atoms with E-state index < -0.39 is 0 Å². The second kappa shape index (κ2) is 7.43. The molecule has 1 N–H and O–H groups in total. The number of nitrogens with zero attached hydrogens (tertiary/aromatic N) is 2. The summed E-state index contributed by atoms with van der Waals surface area (Å²) in [6, 6.07) is 8.55. The number of benzene rings is 1. The maximum absolute atomic E-state index is 13.7. The lowest BCUT2D eigenvalue weighted by Gasteiger charge is -2.30. The van der Waals surface area contributed by atoms with Gasteiger partial charge in [-0.05, 0) is 55.2 Å². The molecule has 3 rings (SSSR count). The molecule has 1 aliphatic rings. The third-order valence-corrected chi connectivity index (χ3v) is 4.53. The molecule has 0 radical (unpaired) electrons. The Hall–Kier alpha value is -2.43. The molecule has 0 bridgehead atoms. The number of rotatable bonds is 2. The molecule has 1 atom stereocenters. The average molecular weight is 327 g/mol. The first-order chi connectivity index (χ1) is 11.6. The third kappa shape index (κ3) is 3.72. The van der Waals surface area contributed by atoms with E-state index in [1.807, 2.05) is 17.0 Å². The number of pyridine rings is 1. The Balaban J connectivity index is 1.80. The fraction of sp³-hybridized carbons (Fsp3) is 0.368. The van der Waals surface area contributed by atoms with Gasteiger partial charge >= 0.3 is 6.03 Å². The monoisotopic (exact) mass is 327 g/mol. The van der Waals surface area contributed by atoms with E-state index in [4.69, 9.17) is 0 Å². The summed E-state index contributed by atoms with van der Waals surface area (Å²) in [6.07, 6.45) is 7.63. The maximum atomic E-state index is 13.7. The van der Waals surface area contributed by atoms with Crippen LogP contribution < -0.4 is 5.32 Å². The highest BCUT2D eigenvalue weighted by Crippen LogP contribution is 2.30. The summed E-state index contributed by atoms with van der Waals surface area (Å²) in [4.78, 5) is 18.7. The number of amides is 2. The number of carbonyl (C=O) groups is 1. The lowest BCUT2D eigenvalue weighted by Crippen LogP contribution is -2.38. The number of aromatic nitrogens is 1. The predicted molar refractivity (Wildman–Crippen MR) is 92.3 cm³/mol. The largest absolute Gasteiger partial charge is 0.322 e. The Morgan fingerprint density at radius 1 is 1.21 bits per heavy atom. The van der Waals surface area contributed by atoms with Gasteiger partial charge < -0.3 is 10.2 Å². The number of likely N-dealkylation sites (tertiary alicyclic amines) is 1. The molecule has 24 heavy (non-hydrogen) atoms. The van der Waals surface area contributed by atoms with Gasteiger partial charge in [0.2, 0.25) is 0 Å². The van der Waals surface area contributed by atoms with Crippen LogP contribution in [0.15, 0.2) is 42.7 Å². The minimum absolute atomic E-state index is 0.0331. The van der Waals surface area contributed by atoms with Gasteiger partial charge in [-0.15, -0.1) is 0 Å². The van der Waals surface area contributed by atoms with E-state index >= 15 is 0 Å². The van der Waals surface area contributed by atoms with Crippen molar-refractivity contribution in [3.63, 3.8) is 0 Å². The zero-order chi connectivity index (χ0) is 16.9. The first-order valence-electron chi connectivity index (χ1n) is 8.39. The van der Waals surface area contributed by atoms with Gasteiger partial charge in [0.1, 0.15) is 5.82 Å². The first kappa shape index (κ1) is 16.4. The molecular formula is C19H22FN3O. The fourth-order valence-corrected chi connectivity index (χ4v) is 3.15. The molecule has 1 saturated heterocycles. The van der Waals surface area contributed by atoms with E-state index in [9.17, 15) is 9.18 Å². The number of urea groups is 1. The van der Waals surface area contributed by atoms with Gasteiger partial charge in [0.15, 0.2) is 0 Å². The Kier molecular flexibility index (Phi) is 5.08. The minimum Gasteiger partial charge on any atom is -0.317 e. The molecular weight excluding hydrogens is 305 g/mol. The zero-order valence-electron chi connectivity index (χ0n) is 13.8. The Bertz CT molecular complexity index is 705. The summed E-state index contributed by atoms with van der Waals surface area (Å²) in [7, 11) is 0. The third-order valence-electron chi connectivity index (χ3n) is 4.53. The van der Waals surface area contributed by atoms with Gasteiger partial charge in [-0.3, -0.25) is 4.98 Å². The van der Waals surface area contributed by atoms with Gasteiger partial charge in [-0.2, -0.15) is 0 Å². The number of halogens is 1. The van der Waals surface area contributed by atoms with Crippen LogP contribution in [0.4, 0.5) is 14.9 Å². The van der Waals surface area contributed by atoms with Crippen LogP contribution in [0.1, 0.15) is 42.9 Å². The molecule has 2 amide bonds. The number of nitrogens with one attached hydrogen (secondary N) is 1. The van der Waals surface area contributed by atoms with Crippen molar-refractivity contribution in [3.05, 3.63) is 59.7 Å². The van der Waals surface area contributed by atoms with Crippen LogP contribution >= 0.6 is 0 Å². The summed E-state index contributed by atoms with van der Waals surface area (Å²) < 4.78 is 13.7. The highest BCUT2D eigenvalue weighted by Gasteiger charge is 2.26. The minimum atomic E-state index is -0.311. The normalized spacial score (nSPS) is 18.1. The van der Waals surface area contributed by atoms with E-state index in [0.29, 0.717) is 17.8 Å². The second-order valence-electron chi connectivity index (χ2n) is 6.23. The Morgan fingerprint density at radius 3 is 2.75 bits per heavy atom. The van der Waals surface area contributed by atoms with Gasteiger partial charge in [0.05, 0.1) is 6.04 Å². The zero-order valence-corrected chi connectivity index (χ0v) is 13.8. The van der Waals surface area contributed by atoms with Gasteiger partial charge in [0.25, 0.3) is 0 Å². The maximum Gasteiger partial charge on any atom is 0.322 e. The van der Waals surface area contributed by atoms with Crippen molar-refractivity contribution in [2.24, 2.45) is 0 Å². The quantitative estimate of drug-likeness (QED) is 0.870. The molecule has 2 heterocycles. The molecule has 1 aromatic heterocycles. The Morgan fingerprint density at radius 2 is 2.00 bits per heavy atom. The van der Waals surface area contributed by atoms with Crippen molar-refractivity contribution in [3.8, 4) is 0 Å². The van der Waals surface area contributed by atoms with Gasteiger partial charge in [-0.1, -0.05) is 18.9 Å². The smallest absolute Gasteiger partial charge is 0.317 e. The number of carbonyl (C=O) groups excluding carboxylic acids is 1. The molecule has 1 fully saturated rings. The molecule has 4 nitrogen and oxygen atoms in total. The van der Waals surface area contributed by atoms with E-state index in [0.717, 1.165) is 31.2 Å². The predicted octanol–water partition coefficient (Wildman–Crippen LogP) is 4.68. The summed E-state index contributed by atoms with van der Waals surface area (Å²) in [5.41, 5.74) is 2.15. The van der Waals surface area contributed by atoms with Crippen LogP contribution in [0, 0.1) is 12.7 Å².